The van der Waals surface area contributed by atoms with Gasteiger partial charge in [-0.1, -0.05) is 5.16 Å². The van der Waals surface area contributed by atoms with Gasteiger partial charge in [-0.2, -0.15) is 4.98 Å². The maximum absolute atomic E-state index is 11.4. The van der Waals surface area contributed by atoms with Gasteiger partial charge < -0.3 is 14.6 Å². The number of hydrogen-bond donors (Lipinski definition) is 1. The Kier molecular flexibility index (Phi) is 3.51. The first-order chi connectivity index (χ1) is 7.28. The molecule has 1 rings (SSSR count). The average Bonchev–Trinajstić information content (AvgIpc) is 2.47. The summed E-state index contributed by atoms with van der Waals surface area (Å²) in [5.41, 5.74) is -0.332. The van der Waals surface area contributed by atoms with E-state index < -0.39 is 12.2 Å². The Labute approximate surface area is 94.4 Å². The molecule has 1 N–H and O–H groups in total. The molecule has 1 aromatic heterocycles. The van der Waals surface area contributed by atoms with Crippen LogP contribution in [0, 0.1) is 6.92 Å². The van der Waals surface area contributed by atoms with Crippen molar-refractivity contribution in [3.05, 3.63) is 11.7 Å². The van der Waals surface area contributed by atoms with E-state index in [0.29, 0.717) is 11.7 Å². The molecule has 0 aliphatic carbocycles. The molecular weight excluding hydrogens is 210 g/mol. The van der Waals surface area contributed by atoms with E-state index in [4.69, 9.17) is 9.26 Å². The highest BCUT2D eigenvalue weighted by Crippen LogP contribution is 2.14. The van der Waals surface area contributed by atoms with Crippen molar-refractivity contribution in [2.45, 2.75) is 46.3 Å². The first-order valence-electron chi connectivity index (χ1n) is 5.07. The van der Waals surface area contributed by atoms with Gasteiger partial charge in [-0.25, -0.2) is 4.79 Å². The molecule has 1 aromatic rings. The Balaban J connectivity index is 2.52. The van der Waals surface area contributed by atoms with Gasteiger partial charge >= 0.3 is 6.09 Å². The van der Waals surface area contributed by atoms with Crippen molar-refractivity contribution in [1.29, 1.82) is 0 Å². The Hall–Kier alpha value is -1.59. The van der Waals surface area contributed by atoms with Crippen LogP contribution in [-0.4, -0.2) is 21.8 Å². The summed E-state index contributed by atoms with van der Waals surface area (Å²) in [4.78, 5) is 15.4. The summed E-state index contributed by atoms with van der Waals surface area (Å²) in [6.07, 6.45) is -1.06. The SMILES string of the molecule is Cc1noc([C@@H](C)OC(=O)NC(C)(C)C)n1. The minimum atomic E-state index is -0.552. The molecule has 0 spiro atoms. The van der Waals surface area contributed by atoms with Crippen molar-refractivity contribution in [3.63, 3.8) is 0 Å². The quantitative estimate of drug-likeness (QED) is 0.835. The number of aryl methyl sites for hydroxylation is 1. The van der Waals surface area contributed by atoms with Crippen LogP contribution in [0.4, 0.5) is 4.79 Å². The summed E-state index contributed by atoms with van der Waals surface area (Å²) in [6, 6.07) is 0. The van der Waals surface area contributed by atoms with Crippen LogP contribution >= 0.6 is 0 Å². The van der Waals surface area contributed by atoms with Gasteiger partial charge in [0.15, 0.2) is 11.9 Å². The second-order valence-electron chi connectivity index (χ2n) is 4.60. The molecule has 0 radical (unpaired) electrons. The van der Waals surface area contributed by atoms with E-state index in [0.717, 1.165) is 0 Å². The molecule has 0 aliphatic rings. The van der Waals surface area contributed by atoms with E-state index in [1.165, 1.54) is 0 Å². The first kappa shape index (κ1) is 12.5. The first-order valence-corrected chi connectivity index (χ1v) is 5.07. The van der Waals surface area contributed by atoms with E-state index >= 15 is 0 Å². The minimum Gasteiger partial charge on any atom is -0.436 e. The van der Waals surface area contributed by atoms with Gasteiger partial charge in [0.05, 0.1) is 0 Å². The van der Waals surface area contributed by atoms with Crippen molar-refractivity contribution in [2.75, 3.05) is 0 Å². The highest BCUT2D eigenvalue weighted by Gasteiger charge is 2.20. The topological polar surface area (TPSA) is 77.2 Å². The maximum Gasteiger partial charge on any atom is 0.408 e. The van der Waals surface area contributed by atoms with Crippen molar-refractivity contribution < 1.29 is 14.1 Å². The Morgan fingerprint density at radius 3 is 2.56 bits per heavy atom. The summed E-state index contributed by atoms with van der Waals surface area (Å²) in [7, 11) is 0. The largest absolute Gasteiger partial charge is 0.436 e. The highest BCUT2D eigenvalue weighted by atomic mass is 16.6. The van der Waals surface area contributed by atoms with Gasteiger partial charge in [-0.3, -0.25) is 0 Å². The molecule has 0 saturated carbocycles. The van der Waals surface area contributed by atoms with Crippen LogP contribution in [0.15, 0.2) is 4.52 Å². The van der Waals surface area contributed by atoms with E-state index in [9.17, 15) is 4.79 Å². The summed E-state index contributed by atoms with van der Waals surface area (Å²) in [6.45, 7) is 8.99. The number of alkyl carbamates (subject to hydrolysis) is 1. The number of nitrogens with one attached hydrogen (secondary N) is 1. The minimum absolute atomic E-state index is 0.293. The van der Waals surface area contributed by atoms with Crippen LogP contribution in [0.2, 0.25) is 0 Å². The molecule has 16 heavy (non-hydrogen) atoms. The zero-order chi connectivity index (χ0) is 12.3. The van der Waals surface area contributed by atoms with Gasteiger partial charge in [-0.15, -0.1) is 0 Å². The highest BCUT2D eigenvalue weighted by molar-refractivity contribution is 5.68. The van der Waals surface area contributed by atoms with Gasteiger partial charge in [0.25, 0.3) is 5.89 Å². The van der Waals surface area contributed by atoms with Gasteiger partial charge in [0.1, 0.15) is 0 Å². The molecule has 90 valence electrons. The fourth-order valence-electron chi connectivity index (χ4n) is 1.02. The van der Waals surface area contributed by atoms with E-state index in [1.54, 1.807) is 13.8 Å². The molecule has 0 aromatic carbocycles. The van der Waals surface area contributed by atoms with Crippen LogP contribution in [0.5, 0.6) is 0 Å². The number of carbonyl (C=O) groups excluding carboxylic acids is 1. The third-order valence-corrected chi connectivity index (χ3v) is 1.65. The number of nitrogens with zero attached hydrogens (tertiary/aromatic N) is 2. The van der Waals surface area contributed by atoms with Gasteiger partial charge in [0, 0.05) is 5.54 Å². The molecule has 1 amide bonds. The van der Waals surface area contributed by atoms with Crippen molar-refractivity contribution >= 4 is 6.09 Å². The molecule has 0 fully saturated rings. The number of aromatic nitrogens is 2. The van der Waals surface area contributed by atoms with Crippen LogP contribution < -0.4 is 5.32 Å². The zero-order valence-corrected chi connectivity index (χ0v) is 10.2. The Bertz CT molecular complexity index is 368. The van der Waals surface area contributed by atoms with Gasteiger partial charge in [-0.05, 0) is 34.6 Å². The van der Waals surface area contributed by atoms with Gasteiger partial charge in [0.2, 0.25) is 0 Å². The van der Waals surface area contributed by atoms with E-state index in [1.807, 2.05) is 20.8 Å². The standard InChI is InChI=1S/C10H17N3O3/c1-6(8-11-7(2)13-16-8)15-9(14)12-10(3,4)5/h6H,1-5H3,(H,12,14)/t6-/m1/s1. The smallest absolute Gasteiger partial charge is 0.408 e. The van der Waals surface area contributed by atoms with Crippen molar-refractivity contribution in [3.8, 4) is 0 Å². The summed E-state index contributed by atoms with van der Waals surface area (Å²) in [5.74, 6) is 0.809. The Morgan fingerprint density at radius 1 is 1.50 bits per heavy atom. The molecule has 0 saturated heterocycles. The second kappa shape index (κ2) is 4.51. The molecular formula is C10H17N3O3. The van der Waals surface area contributed by atoms with Crippen LogP contribution in [0.25, 0.3) is 0 Å². The Morgan fingerprint density at radius 2 is 2.12 bits per heavy atom. The molecule has 1 atom stereocenters. The lowest BCUT2D eigenvalue weighted by Gasteiger charge is -2.21. The van der Waals surface area contributed by atoms with E-state index in [2.05, 4.69) is 15.5 Å². The predicted octanol–water partition coefficient (Wildman–Crippen LogP) is 1.96. The third-order valence-electron chi connectivity index (χ3n) is 1.65. The maximum atomic E-state index is 11.4. The number of carbonyl (C=O) groups is 1. The van der Waals surface area contributed by atoms with Crippen LogP contribution in [-0.2, 0) is 4.74 Å². The average molecular weight is 227 g/mol. The molecule has 0 bridgehead atoms. The molecule has 6 heteroatoms. The van der Waals surface area contributed by atoms with E-state index in [-0.39, 0.29) is 5.54 Å². The second-order valence-corrected chi connectivity index (χ2v) is 4.60. The normalized spacial score (nSPS) is 13.3. The molecule has 1 heterocycles. The molecule has 0 unspecified atom stereocenters. The predicted molar refractivity (Wildman–Crippen MR) is 56.8 cm³/mol. The van der Waals surface area contributed by atoms with Crippen LogP contribution in [0.1, 0.15) is 45.5 Å². The summed E-state index contributed by atoms with van der Waals surface area (Å²) < 4.78 is 9.97. The summed E-state index contributed by atoms with van der Waals surface area (Å²) in [5, 5.41) is 6.30. The lowest BCUT2D eigenvalue weighted by Crippen LogP contribution is -2.41. The molecule has 0 aliphatic heterocycles. The van der Waals surface area contributed by atoms with Crippen LogP contribution in [0.3, 0.4) is 0 Å². The lowest BCUT2D eigenvalue weighted by atomic mass is 10.1. The number of amides is 1. The summed E-state index contributed by atoms with van der Waals surface area (Å²) >= 11 is 0. The fraction of sp³-hybridized carbons (Fsp3) is 0.700. The molecule has 6 nitrogen and oxygen atoms in total. The monoisotopic (exact) mass is 227 g/mol. The van der Waals surface area contributed by atoms with Crippen molar-refractivity contribution in [1.82, 2.24) is 15.5 Å². The zero-order valence-electron chi connectivity index (χ0n) is 10.2. The fourth-order valence-corrected chi connectivity index (χ4v) is 1.02. The number of hydrogen-bond acceptors (Lipinski definition) is 5. The lowest BCUT2D eigenvalue weighted by molar-refractivity contribution is 0.0820. The third kappa shape index (κ3) is 3.88. The number of rotatable bonds is 2. The number of ether oxygens (including phenoxy) is 1. The van der Waals surface area contributed by atoms with Crippen molar-refractivity contribution in [2.24, 2.45) is 0 Å².